The summed E-state index contributed by atoms with van der Waals surface area (Å²) in [6.45, 7) is 2.63. The topological polar surface area (TPSA) is 58.4 Å². The molecule has 1 saturated heterocycles. The smallest absolute Gasteiger partial charge is 0.250 e. The Morgan fingerprint density at radius 2 is 2.32 bits per heavy atom. The van der Waals surface area contributed by atoms with Crippen molar-refractivity contribution in [1.82, 2.24) is 15.2 Å². The molecule has 0 saturated carbocycles. The third kappa shape index (κ3) is 5.75. The molecule has 1 aliphatic rings. The van der Waals surface area contributed by atoms with Crippen molar-refractivity contribution in [3.05, 3.63) is 34.7 Å². The number of hydrogen-bond acceptors (Lipinski definition) is 3. The molecular formula is C16H26N4OS. The first-order chi connectivity index (χ1) is 10.8. The van der Waals surface area contributed by atoms with E-state index in [1.807, 2.05) is 24.0 Å². The van der Waals surface area contributed by atoms with Crippen molar-refractivity contribution >= 4 is 17.7 Å². The highest BCUT2D eigenvalue weighted by atomic mass is 32.2. The molecule has 1 unspecified atom stereocenters. The summed E-state index contributed by atoms with van der Waals surface area (Å²) in [7, 11) is 1.81. The highest BCUT2D eigenvalue weighted by molar-refractivity contribution is 8.00. The van der Waals surface area contributed by atoms with E-state index < -0.39 is 0 Å². The van der Waals surface area contributed by atoms with Gasteiger partial charge < -0.3 is 15.2 Å². The maximum atomic E-state index is 11.6. The van der Waals surface area contributed by atoms with Crippen LogP contribution < -0.4 is 16.2 Å². The van der Waals surface area contributed by atoms with Crippen LogP contribution in [0.4, 0.5) is 0 Å². The predicted octanol–water partition coefficient (Wildman–Crippen LogP) is 1.69. The zero-order valence-corrected chi connectivity index (χ0v) is 14.1. The van der Waals surface area contributed by atoms with Gasteiger partial charge in [-0.25, -0.2) is 0 Å². The lowest BCUT2D eigenvalue weighted by molar-refractivity contribution is 0.585. The minimum atomic E-state index is 0.0713. The van der Waals surface area contributed by atoms with Gasteiger partial charge in [0.1, 0.15) is 0 Å². The molecule has 0 radical (unpaired) electrons. The van der Waals surface area contributed by atoms with Gasteiger partial charge in [-0.2, -0.15) is 11.8 Å². The molecule has 1 aromatic heterocycles. The van der Waals surface area contributed by atoms with Gasteiger partial charge in [-0.1, -0.05) is 6.07 Å². The molecule has 22 heavy (non-hydrogen) atoms. The van der Waals surface area contributed by atoms with Crippen LogP contribution in [0.15, 0.2) is 34.2 Å². The highest BCUT2D eigenvalue weighted by Crippen LogP contribution is 2.25. The zero-order chi connectivity index (χ0) is 15.6. The summed E-state index contributed by atoms with van der Waals surface area (Å²) in [4.78, 5) is 15.8. The Kier molecular flexibility index (Phi) is 7.36. The van der Waals surface area contributed by atoms with Gasteiger partial charge in [0.15, 0.2) is 5.96 Å². The van der Waals surface area contributed by atoms with E-state index in [1.165, 1.54) is 18.6 Å². The predicted molar refractivity (Wildman–Crippen MR) is 94.8 cm³/mol. The van der Waals surface area contributed by atoms with Crippen LogP contribution in [0.25, 0.3) is 0 Å². The van der Waals surface area contributed by atoms with E-state index in [2.05, 4.69) is 15.6 Å². The molecule has 1 aliphatic heterocycles. The van der Waals surface area contributed by atoms with Crippen LogP contribution in [0.2, 0.25) is 0 Å². The summed E-state index contributed by atoms with van der Waals surface area (Å²) in [5.41, 5.74) is 0.0713. The van der Waals surface area contributed by atoms with Crippen molar-refractivity contribution in [2.45, 2.75) is 37.5 Å². The van der Waals surface area contributed by atoms with Crippen molar-refractivity contribution in [2.24, 2.45) is 4.99 Å². The number of nitrogens with one attached hydrogen (secondary N) is 2. The second-order valence-corrected chi connectivity index (χ2v) is 6.86. The SMILES string of the molecule is CN=C(NCCCCn1ccccc1=O)NCC1CCCS1. The number of aryl methyl sites for hydroxylation is 1. The number of unbranched alkanes of at least 4 members (excludes halogenated alkanes) is 1. The number of pyridine rings is 1. The molecular weight excluding hydrogens is 296 g/mol. The number of aromatic nitrogens is 1. The fourth-order valence-electron chi connectivity index (χ4n) is 2.50. The van der Waals surface area contributed by atoms with E-state index >= 15 is 0 Å². The number of nitrogens with zero attached hydrogens (tertiary/aromatic N) is 2. The van der Waals surface area contributed by atoms with E-state index in [-0.39, 0.29) is 5.56 Å². The lowest BCUT2D eigenvalue weighted by Crippen LogP contribution is -2.40. The summed E-state index contributed by atoms with van der Waals surface area (Å²) < 4.78 is 1.75. The first-order valence-electron chi connectivity index (χ1n) is 8.01. The van der Waals surface area contributed by atoms with E-state index in [9.17, 15) is 4.79 Å². The molecule has 6 heteroatoms. The van der Waals surface area contributed by atoms with Gasteiger partial charge in [0, 0.05) is 44.2 Å². The minimum absolute atomic E-state index is 0.0713. The number of guanidine groups is 1. The van der Waals surface area contributed by atoms with Crippen LogP contribution in [-0.4, -0.2) is 41.7 Å². The van der Waals surface area contributed by atoms with Crippen LogP contribution in [0, 0.1) is 0 Å². The first-order valence-corrected chi connectivity index (χ1v) is 9.06. The Hall–Kier alpha value is -1.43. The van der Waals surface area contributed by atoms with Crippen LogP contribution in [0.5, 0.6) is 0 Å². The van der Waals surface area contributed by atoms with Crippen molar-refractivity contribution in [2.75, 3.05) is 25.9 Å². The molecule has 2 N–H and O–H groups in total. The Labute approximate surface area is 136 Å². The third-order valence-corrected chi connectivity index (χ3v) is 5.16. The van der Waals surface area contributed by atoms with Gasteiger partial charge in [-0.15, -0.1) is 0 Å². The van der Waals surface area contributed by atoms with Gasteiger partial charge in [0.05, 0.1) is 0 Å². The normalized spacial score (nSPS) is 18.4. The molecule has 1 aromatic rings. The standard InChI is InChI=1S/C16H26N4OS/c1-17-16(19-13-14-7-6-12-22-14)18-9-3-5-11-20-10-4-2-8-15(20)21/h2,4,8,10,14H,3,5-7,9,11-13H2,1H3,(H2,17,18,19). The second-order valence-electron chi connectivity index (χ2n) is 5.45. The number of aliphatic imine (C=N–C) groups is 1. The molecule has 2 rings (SSSR count). The van der Waals surface area contributed by atoms with E-state index in [0.717, 1.165) is 43.7 Å². The summed E-state index contributed by atoms with van der Waals surface area (Å²) in [5.74, 6) is 2.17. The van der Waals surface area contributed by atoms with Gasteiger partial charge in [0.25, 0.3) is 0 Å². The van der Waals surface area contributed by atoms with Crippen molar-refractivity contribution in [3.8, 4) is 0 Å². The quantitative estimate of drug-likeness (QED) is 0.456. The summed E-state index contributed by atoms with van der Waals surface area (Å²) in [6, 6.07) is 5.27. The molecule has 0 aliphatic carbocycles. The molecule has 122 valence electrons. The van der Waals surface area contributed by atoms with Crippen molar-refractivity contribution in [1.29, 1.82) is 0 Å². The minimum Gasteiger partial charge on any atom is -0.356 e. The van der Waals surface area contributed by atoms with Crippen molar-refractivity contribution < 1.29 is 0 Å². The van der Waals surface area contributed by atoms with Gasteiger partial charge in [0.2, 0.25) is 5.56 Å². The third-order valence-electron chi connectivity index (χ3n) is 3.76. The molecule has 0 spiro atoms. The Morgan fingerprint density at radius 1 is 1.41 bits per heavy atom. The Morgan fingerprint density at radius 3 is 3.05 bits per heavy atom. The zero-order valence-electron chi connectivity index (χ0n) is 13.3. The molecule has 0 bridgehead atoms. The maximum Gasteiger partial charge on any atom is 0.250 e. The van der Waals surface area contributed by atoms with Crippen LogP contribution in [0.1, 0.15) is 25.7 Å². The van der Waals surface area contributed by atoms with Gasteiger partial charge in [-0.05, 0) is 37.5 Å². The lowest BCUT2D eigenvalue weighted by Gasteiger charge is -2.14. The van der Waals surface area contributed by atoms with Gasteiger partial charge in [-0.3, -0.25) is 9.79 Å². The lowest BCUT2D eigenvalue weighted by atomic mass is 10.2. The molecule has 2 heterocycles. The maximum absolute atomic E-state index is 11.6. The average Bonchev–Trinajstić information content (AvgIpc) is 3.05. The summed E-state index contributed by atoms with van der Waals surface area (Å²) in [5, 5.41) is 7.45. The molecule has 0 aromatic carbocycles. The molecule has 5 nitrogen and oxygen atoms in total. The Balaban J connectivity index is 1.58. The second kappa shape index (κ2) is 9.56. The summed E-state index contributed by atoms with van der Waals surface area (Å²) >= 11 is 2.05. The first kappa shape index (κ1) is 16.9. The largest absolute Gasteiger partial charge is 0.356 e. The van der Waals surface area contributed by atoms with Gasteiger partial charge >= 0.3 is 0 Å². The molecule has 1 fully saturated rings. The monoisotopic (exact) mass is 322 g/mol. The summed E-state index contributed by atoms with van der Waals surface area (Å²) in [6.07, 6.45) is 6.48. The molecule has 0 amide bonds. The van der Waals surface area contributed by atoms with Crippen LogP contribution in [-0.2, 0) is 6.54 Å². The fourth-order valence-corrected chi connectivity index (χ4v) is 3.70. The average molecular weight is 322 g/mol. The van der Waals surface area contributed by atoms with E-state index in [1.54, 1.807) is 23.7 Å². The Bertz CT molecular complexity index is 523. The number of thioether (sulfide) groups is 1. The van der Waals surface area contributed by atoms with Crippen LogP contribution >= 0.6 is 11.8 Å². The van der Waals surface area contributed by atoms with Crippen LogP contribution in [0.3, 0.4) is 0 Å². The molecule has 1 atom stereocenters. The number of rotatable bonds is 7. The number of hydrogen-bond donors (Lipinski definition) is 2. The highest BCUT2D eigenvalue weighted by Gasteiger charge is 2.15. The van der Waals surface area contributed by atoms with Crippen molar-refractivity contribution in [3.63, 3.8) is 0 Å². The fraction of sp³-hybridized carbons (Fsp3) is 0.625. The van der Waals surface area contributed by atoms with E-state index in [0.29, 0.717) is 0 Å². The van der Waals surface area contributed by atoms with E-state index in [4.69, 9.17) is 0 Å².